The Morgan fingerprint density at radius 2 is 0.603 bits per heavy atom. The van der Waals surface area contributed by atoms with Gasteiger partial charge in [-0.15, -0.1) is 0 Å². The summed E-state index contributed by atoms with van der Waals surface area (Å²) in [5.74, 6) is -4.14. The Labute approximate surface area is 795 Å². The Balaban J connectivity index is 0.000000540. The molecule has 14 N–H and O–H groups in total. The predicted octanol–water partition coefficient (Wildman–Crippen LogP) is 7.62. The number of carbonyl (C=O) groups is 12. The number of rotatable bonds is 54. The van der Waals surface area contributed by atoms with Gasteiger partial charge < -0.3 is 112 Å². The van der Waals surface area contributed by atoms with E-state index in [1.807, 2.05) is 172 Å². The van der Waals surface area contributed by atoms with Gasteiger partial charge >= 0.3 is 5.97 Å². The van der Waals surface area contributed by atoms with Crippen LogP contribution in [0.1, 0.15) is 152 Å². The van der Waals surface area contributed by atoms with Crippen LogP contribution in [0.15, 0.2) is 206 Å². The van der Waals surface area contributed by atoms with Crippen LogP contribution in [0.4, 0.5) is 0 Å². The van der Waals surface area contributed by atoms with Gasteiger partial charge in [-0.3, -0.25) is 57.5 Å². The topological polar surface area (TPSA) is 466 Å². The van der Waals surface area contributed by atoms with E-state index in [2.05, 4.69) is 58.5 Å². The van der Waals surface area contributed by atoms with Gasteiger partial charge in [0.2, 0.25) is 65.0 Å². The number of ether oxygens (including phenoxy) is 9. The number of aromatic hydroxyl groups is 1. The molecule has 0 saturated carbocycles. The molecule has 8 aromatic rings. The first-order chi connectivity index (χ1) is 65.2. The second-order valence-electron chi connectivity index (χ2n) is 32.5. The fourth-order valence-electron chi connectivity index (χ4n) is 14.1. The molecule has 11 amide bonds. The Morgan fingerprint density at radius 3 is 0.934 bits per heavy atom. The van der Waals surface area contributed by atoms with E-state index in [0.717, 1.165) is 46.2 Å². The lowest BCUT2D eigenvalue weighted by Gasteiger charge is -2.36. The summed E-state index contributed by atoms with van der Waals surface area (Å²) >= 11 is 0. The molecule has 10 atom stereocenters. The number of nitrogens with one attached hydrogen (secondary N) is 11. The van der Waals surface area contributed by atoms with Crippen LogP contribution in [-0.4, -0.2) is 218 Å². The van der Waals surface area contributed by atoms with Gasteiger partial charge in [0.1, 0.15) is 100 Å². The minimum absolute atomic E-state index is 0.0000617. The van der Waals surface area contributed by atoms with E-state index in [9.17, 15) is 62.6 Å². The van der Waals surface area contributed by atoms with Gasteiger partial charge in [0.25, 0.3) is 0 Å². The molecular weight excluding hydrogens is 1750 g/mol. The molecule has 8 rings (SSSR count). The fourth-order valence-corrected chi connectivity index (χ4v) is 14.1. The van der Waals surface area contributed by atoms with Crippen molar-refractivity contribution in [2.24, 2.45) is 5.73 Å². The van der Waals surface area contributed by atoms with E-state index in [4.69, 9.17) is 48.4 Å². The summed E-state index contributed by atoms with van der Waals surface area (Å²) in [7, 11) is 6.40. The number of phenolic OH excluding ortho intramolecular Hbond substituents is 1. The molecule has 8 aromatic carbocycles. The maximum atomic E-state index is 14.2. The number of hydrogen-bond donors (Lipinski definition) is 13. The first-order valence-electron chi connectivity index (χ1n) is 45.5. The third kappa shape index (κ3) is 34.0. The largest absolute Gasteiger partial charge is 0.508 e. The van der Waals surface area contributed by atoms with Gasteiger partial charge in [0.15, 0.2) is 0 Å². The highest BCUT2D eigenvalue weighted by Gasteiger charge is 2.41. The zero-order valence-corrected chi connectivity index (χ0v) is 79.8. The predicted molar refractivity (Wildman–Crippen MR) is 512 cm³/mol. The molecule has 0 aliphatic carbocycles. The Morgan fingerprint density at radius 1 is 0.316 bits per heavy atom. The van der Waals surface area contributed by atoms with Crippen molar-refractivity contribution < 1.29 is 105 Å². The Bertz CT molecular complexity index is 5020. The normalized spacial score (nSPS) is 13.3. The minimum atomic E-state index is -1.33. The highest BCUT2D eigenvalue weighted by atomic mass is 16.5. The Hall–Kier alpha value is -13.8. The van der Waals surface area contributed by atoms with Crippen LogP contribution < -0.4 is 87.9 Å². The van der Waals surface area contributed by atoms with Crippen LogP contribution in [0.2, 0.25) is 0 Å². The van der Waals surface area contributed by atoms with Crippen LogP contribution >= 0.6 is 0 Å². The number of nitrogens with two attached hydrogens (primary N) is 1. The van der Waals surface area contributed by atoms with E-state index in [-0.39, 0.29) is 63.4 Å². The number of methoxy groups -OCH3 is 4. The van der Waals surface area contributed by atoms with Crippen LogP contribution in [0.25, 0.3) is 0 Å². The summed E-state index contributed by atoms with van der Waals surface area (Å²) in [6.07, 6.45) is 2.17. The fraction of sp³-hybridized carbons (Fsp3) is 0.412. The van der Waals surface area contributed by atoms with Gasteiger partial charge in [-0.2, -0.15) is 0 Å². The summed E-state index contributed by atoms with van der Waals surface area (Å²) in [6, 6.07) is 51.9. The molecule has 0 aliphatic rings. The first kappa shape index (κ1) is 109. The van der Waals surface area contributed by atoms with Gasteiger partial charge in [0, 0.05) is 65.2 Å². The van der Waals surface area contributed by atoms with Crippen molar-refractivity contribution in [2.45, 2.75) is 192 Å². The first-order valence-corrected chi connectivity index (χ1v) is 45.5. The molecule has 34 nitrogen and oxygen atoms in total. The minimum Gasteiger partial charge on any atom is -0.508 e. The van der Waals surface area contributed by atoms with Crippen molar-refractivity contribution in [1.29, 1.82) is 0 Å². The zero-order valence-electron chi connectivity index (χ0n) is 79.8. The van der Waals surface area contributed by atoms with Gasteiger partial charge in [-0.05, 0) is 198 Å². The second kappa shape index (κ2) is 56.4. The molecule has 0 aliphatic heterocycles. The molecule has 136 heavy (non-hydrogen) atoms. The van der Waals surface area contributed by atoms with E-state index in [0.29, 0.717) is 73.5 Å². The second-order valence-corrected chi connectivity index (χ2v) is 32.5. The highest BCUT2D eigenvalue weighted by molar-refractivity contribution is 5.98. The molecule has 0 spiro atoms. The van der Waals surface area contributed by atoms with Crippen molar-refractivity contribution in [2.75, 3.05) is 81.2 Å². The monoisotopic (exact) mass is 1880 g/mol. The lowest BCUT2D eigenvalue weighted by atomic mass is 9.80. The van der Waals surface area contributed by atoms with Crippen molar-refractivity contribution in [1.82, 2.24) is 58.5 Å². The number of hydrogen-bond acceptors (Lipinski definition) is 23. The molecule has 10 unspecified atom stereocenters. The summed E-state index contributed by atoms with van der Waals surface area (Å²) < 4.78 is 52.2. The third-order valence-electron chi connectivity index (χ3n) is 21.8. The molecule has 0 saturated heterocycles. The average Bonchev–Trinajstić information content (AvgIpc) is 0.756. The third-order valence-corrected chi connectivity index (χ3v) is 21.8. The maximum Gasteiger partial charge on any atom is 0.311 e. The highest BCUT2D eigenvalue weighted by Crippen LogP contribution is 2.44. The SMILES string of the molecule is CCCOCCNC(=O)C(C)NC(=O)C(C)NC(=O)C(Cc1ccc(O)cc1)NC(=O)C(C)NC(=O)C(C)N.CCCOCCNC(=O)C(C)NC(=O)C(C)NC(=O)C(Cc1ccc(OC(=O)CCCOC(c2ccccc2)(c2ccc(OC)cc2)c2ccc(OC)cc2)cc1)NC(=O)C(C)NC(=O)C(C)NC(=O)CCCOC(c1ccccc1)(c1ccc(OC)cc1)c1ccc(OC)cc1. The van der Waals surface area contributed by atoms with Gasteiger partial charge in [0.05, 0.1) is 47.7 Å². The number of carbonyl (C=O) groups excluding carboxylic acids is 12. The van der Waals surface area contributed by atoms with Gasteiger partial charge in [-0.1, -0.05) is 147 Å². The van der Waals surface area contributed by atoms with E-state index in [1.54, 1.807) is 64.8 Å². The van der Waals surface area contributed by atoms with Crippen LogP contribution in [0.5, 0.6) is 34.5 Å². The molecule has 34 heteroatoms. The molecular formula is C102H132N12O22. The van der Waals surface area contributed by atoms with Gasteiger partial charge in [-0.25, -0.2) is 0 Å². The standard InChI is InChI=1S/C76H90N6O15.C26H42N6O7/c1-10-46-94-49-45-77-70(85)51(2)79-72(87)53(4)81-74(89)67(50-55-25-35-66(36-26-55)97-69(84)24-18-48-96-76(57-21-15-12-16-22-57,60-31-41-64(92-8)42-32-60)61-33-43-65(93-9)44-34-61)82-73(88)54(5)80-71(86)52(3)78-68(83)23-17-47-95-75(56-19-13-11-14-20-56,58-27-37-62(90-6)38-28-58)59-29-39-63(91-7)40-30-59;1-6-12-39-13-11-28-23(35)16(3)30-24(36)17(4)31-26(38)21(14-19-7-9-20(33)10-8-19)32-25(37)18(5)29-22(34)15(2)27/h11-16,19-22,25-44,51-54,67H,10,17-18,23-24,45-50H2,1-9H3,(H,77,85)(H,78,83)(H,79,87)(H,80,86)(H,81,89)(H,82,88);7-10,15-18,21,33H,6,11-14,27H2,1-5H3,(H,28,35)(H,29,34)(H,30,36)(H,31,38)(H,32,37). The van der Waals surface area contributed by atoms with Crippen molar-refractivity contribution in [3.05, 3.63) is 251 Å². The van der Waals surface area contributed by atoms with Crippen LogP contribution in [0, 0.1) is 0 Å². The maximum absolute atomic E-state index is 14.2. The van der Waals surface area contributed by atoms with Crippen molar-refractivity contribution >= 4 is 70.9 Å². The smallest absolute Gasteiger partial charge is 0.311 e. The number of benzene rings is 8. The summed E-state index contributed by atoms with van der Waals surface area (Å²) in [6.45, 7) is 18.3. The number of phenols is 1. The van der Waals surface area contributed by atoms with E-state index in [1.165, 1.54) is 67.5 Å². The molecule has 0 fully saturated rings. The van der Waals surface area contributed by atoms with Crippen molar-refractivity contribution in [3.63, 3.8) is 0 Å². The quantitative estimate of drug-likeness (QED) is 0.00754. The number of esters is 1. The summed E-state index contributed by atoms with van der Waals surface area (Å²) in [5.41, 5.74) is 9.54. The molecule has 732 valence electrons. The molecule has 0 aromatic heterocycles. The van der Waals surface area contributed by atoms with E-state index < -0.39 is 143 Å². The summed E-state index contributed by atoms with van der Waals surface area (Å²) in [4.78, 5) is 158. The summed E-state index contributed by atoms with van der Waals surface area (Å²) in [5, 5.41) is 38.4. The van der Waals surface area contributed by atoms with Crippen LogP contribution in [0.3, 0.4) is 0 Å². The molecule has 0 bridgehead atoms. The lowest BCUT2D eigenvalue weighted by molar-refractivity contribution is -0.135. The average molecular weight is 1880 g/mol. The van der Waals surface area contributed by atoms with Crippen molar-refractivity contribution in [3.8, 4) is 34.5 Å². The zero-order chi connectivity index (χ0) is 99.3. The molecule has 0 radical (unpaired) electrons. The van der Waals surface area contributed by atoms with E-state index >= 15 is 0 Å². The Kier molecular flexibility index (Phi) is 45.3. The molecule has 0 heterocycles. The lowest BCUT2D eigenvalue weighted by Crippen LogP contribution is -2.58. The number of amides is 11. The van der Waals surface area contributed by atoms with Crippen LogP contribution in [-0.2, 0) is 101 Å².